The standard InChI is InChI=1S/C9H22N2O2Si/c1-3-12-14(13-4-2)9-11-7-5-10-6-8-11/h10,14H,3-9H2,1-2H3. The SMILES string of the molecule is CCO[SiH](CN1CCNCC1)OCC. The highest BCUT2D eigenvalue weighted by molar-refractivity contribution is 6.44. The second-order valence-electron chi connectivity index (χ2n) is 3.39. The molecule has 0 aliphatic carbocycles. The van der Waals surface area contributed by atoms with Crippen LogP contribution in [0.25, 0.3) is 0 Å². The Balaban J connectivity index is 2.21. The minimum atomic E-state index is -1.41. The van der Waals surface area contributed by atoms with E-state index in [1.165, 1.54) is 0 Å². The molecule has 4 nitrogen and oxygen atoms in total. The molecule has 0 unspecified atom stereocenters. The van der Waals surface area contributed by atoms with Gasteiger partial charge < -0.3 is 14.2 Å². The predicted octanol–water partition coefficient (Wildman–Crippen LogP) is -0.276. The van der Waals surface area contributed by atoms with Crippen LogP contribution in [0.1, 0.15) is 13.8 Å². The van der Waals surface area contributed by atoms with Crippen molar-refractivity contribution in [1.82, 2.24) is 10.2 Å². The van der Waals surface area contributed by atoms with Gasteiger partial charge in [-0.2, -0.15) is 0 Å². The Kier molecular flexibility index (Phi) is 6.38. The summed E-state index contributed by atoms with van der Waals surface area (Å²) in [6.45, 7) is 10.1. The number of piperazine rings is 1. The average molecular weight is 218 g/mol. The van der Waals surface area contributed by atoms with E-state index in [4.69, 9.17) is 8.85 Å². The zero-order chi connectivity index (χ0) is 10.2. The second kappa shape index (κ2) is 7.36. The van der Waals surface area contributed by atoms with Gasteiger partial charge in [0.1, 0.15) is 0 Å². The van der Waals surface area contributed by atoms with E-state index in [9.17, 15) is 0 Å². The monoisotopic (exact) mass is 218 g/mol. The summed E-state index contributed by atoms with van der Waals surface area (Å²) >= 11 is 0. The summed E-state index contributed by atoms with van der Waals surface area (Å²) < 4.78 is 11.3. The maximum Gasteiger partial charge on any atom is 0.335 e. The lowest BCUT2D eigenvalue weighted by molar-refractivity contribution is 0.180. The van der Waals surface area contributed by atoms with Gasteiger partial charge in [-0.15, -0.1) is 0 Å². The first-order valence-corrected chi connectivity index (χ1v) is 7.29. The molecule has 84 valence electrons. The number of nitrogens with zero attached hydrogens (tertiary/aromatic N) is 1. The molecule has 0 aromatic carbocycles. The zero-order valence-electron chi connectivity index (χ0n) is 9.29. The van der Waals surface area contributed by atoms with E-state index < -0.39 is 9.28 Å². The average Bonchev–Trinajstić information content (AvgIpc) is 2.20. The summed E-state index contributed by atoms with van der Waals surface area (Å²) in [7, 11) is -1.41. The summed E-state index contributed by atoms with van der Waals surface area (Å²) in [6.07, 6.45) is 1.03. The van der Waals surface area contributed by atoms with Gasteiger partial charge in [0, 0.05) is 45.6 Å². The van der Waals surface area contributed by atoms with Crippen molar-refractivity contribution in [1.29, 1.82) is 0 Å². The second-order valence-corrected chi connectivity index (χ2v) is 5.28. The summed E-state index contributed by atoms with van der Waals surface area (Å²) in [4.78, 5) is 2.44. The fraction of sp³-hybridized carbons (Fsp3) is 1.00. The summed E-state index contributed by atoms with van der Waals surface area (Å²) in [5, 5.41) is 3.34. The smallest absolute Gasteiger partial charge is 0.335 e. The quantitative estimate of drug-likeness (QED) is 0.622. The fourth-order valence-corrected chi connectivity index (χ4v) is 3.47. The molecule has 0 aromatic rings. The topological polar surface area (TPSA) is 33.7 Å². The van der Waals surface area contributed by atoms with Gasteiger partial charge in [0.2, 0.25) is 0 Å². The van der Waals surface area contributed by atoms with Crippen LogP contribution in [0.3, 0.4) is 0 Å². The predicted molar refractivity (Wildman–Crippen MR) is 59.7 cm³/mol. The van der Waals surface area contributed by atoms with Gasteiger partial charge in [0.25, 0.3) is 0 Å². The van der Waals surface area contributed by atoms with Gasteiger partial charge in [0.05, 0.1) is 0 Å². The molecule has 14 heavy (non-hydrogen) atoms. The van der Waals surface area contributed by atoms with Crippen molar-refractivity contribution in [3.63, 3.8) is 0 Å². The van der Waals surface area contributed by atoms with Crippen LogP contribution in [0, 0.1) is 0 Å². The molecule has 0 amide bonds. The van der Waals surface area contributed by atoms with Crippen molar-refractivity contribution in [2.45, 2.75) is 13.8 Å². The van der Waals surface area contributed by atoms with Crippen molar-refractivity contribution in [2.75, 3.05) is 45.6 Å². The minimum Gasteiger partial charge on any atom is -0.396 e. The largest absolute Gasteiger partial charge is 0.396 e. The molecule has 0 bridgehead atoms. The third kappa shape index (κ3) is 4.52. The van der Waals surface area contributed by atoms with Gasteiger partial charge in [0.15, 0.2) is 0 Å². The number of nitrogens with one attached hydrogen (secondary N) is 1. The van der Waals surface area contributed by atoms with Gasteiger partial charge in [-0.3, -0.25) is 4.90 Å². The molecule has 0 atom stereocenters. The minimum absolute atomic E-state index is 0.781. The third-order valence-corrected chi connectivity index (χ3v) is 4.55. The Morgan fingerprint density at radius 1 is 1.14 bits per heavy atom. The van der Waals surface area contributed by atoms with Crippen LogP contribution in [-0.2, 0) is 8.85 Å². The highest BCUT2D eigenvalue weighted by atomic mass is 28.3. The molecule has 5 heteroatoms. The van der Waals surface area contributed by atoms with Crippen molar-refractivity contribution in [3.8, 4) is 0 Å². The molecule has 1 fully saturated rings. The molecule has 0 radical (unpaired) electrons. The highest BCUT2D eigenvalue weighted by Crippen LogP contribution is 1.97. The molecule has 0 saturated carbocycles. The van der Waals surface area contributed by atoms with Crippen LogP contribution in [0.2, 0.25) is 0 Å². The maximum atomic E-state index is 5.64. The van der Waals surface area contributed by atoms with E-state index >= 15 is 0 Å². The van der Waals surface area contributed by atoms with E-state index in [0.29, 0.717) is 0 Å². The Morgan fingerprint density at radius 3 is 2.21 bits per heavy atom. The Bertz CT molecular complexity index is 137. The van der Waals surface area contributed by atoms with Crippen molar-refractivity contribution in [2.24, 2.45) is 0 Å². The highest BCUT2D eigenvalue weighted by Gasteiger charge is 2.18. The molecule has 1 heterocycles. The van der Waals surface area contributed by atoms with Gasteiger partial charge in [-0.25, -0.2) is 0 Å². The fourth-order valence-electron chi connectivity index (χ4n) is 1.63. The van der Waals surface area contributed by atoms with Crippen LogP contribution < -0.4 is 5.32 Å². The van der Waals surface area contributed by atoms with Gasteiger partial charge >= 0.3 is 9.28 Å². The van der Waals surface area contributed by atoms with E-state index in [0.717, 1.165) is 45.6 Å². The number of hydrogen-bond acceptors (Lipinski definition) is 4. The van der Waals surface area contributed by atoms with Crippen LogP contribution >= 0.6 is 0 Å². The first kappa shape index (κ1) is 12.1. The molecular formula is C9H22N2O2Si. The lowest BCUT2D eigenvalue weighted by Crippen LogP contribution is -2.48. The third-order valence-electron chi connectivity index (χ3n) is 2.32. The zero-order valence-corrected chi connectivity index (χ0v) is 10.4. The molecule has 0 aromatic heterocycles. The first-order chi connectivity index (χ1) is 6.86. The Morgan fingerprint density at radius 2 is 1.71 bits per heavy atom. The lowest BCUT2D eigenvalue weighted by Gasteiger charge is -2.29. The summed E-state index contributed by atoms with van der Waals surface area (Å²) in [5.41, 5.74) is 0. The van der Waals surface area contributed by atoms with Crippen LogP contribution in [0.5, 0.6) is 0 Å². The van der Waals surface area contributed by atoms with Crippen LogP contribution in [0.4, 0.5) is 0 Å². The van der Waals surface area contributed by atoms with Crippen molar-refractivity contribution < 1.29 is 8.85 Å². The summed E-state index contributed by atoms with van der Waals surface area (Å²) in [6, 6.07) is 0. The molecule has 1 N–H and O–H groups in total. The van der Waals surface area contributed by atoms with Crippen molar-refractivity contribution in [3.05, 3.63) is 0 Å². The maximum absolute atomic E-state index is 5.64. The number of hydrogen-bond donors (Lipinski definition) is 1. The van der Waals surface area contributed by atoms with E-state index in [2.05, 4.69) is 10.2 Å². The molecule has 1 rings (SSSR count). The van der Waals surface area contributed by atoms with Crippen molar-refractivity contribution >= 4 is 9.28 Å². The molecule has 1 aliphatic heterocycles. The molecule has 1 saturated heterocycles. The molecule has 1 aliphatic rings. The molecular weight excluding hydrogens is 196 g/mol. The first-order valence-electron chi connectivity index (χ1n) is 5.53. The Hall–Kier alpha value is 0.0569. The normalized spacial score (nSPS) is 19.1. The van der Waals surface area contributed by atoms with E-state index in [1.54, 1.807) is 0 Å². The van der Waals surface area contributed by atoms with E-state index in [1.807, 2.05) is 13.8 Å². The van der Waals surface area contributed by atoms with Gasteiger partial charge in [-0.05, 0) is 13.8 Å². The van der Waals surface area contributed by atoms with Crippen LogP contribution in [0.15, 0.2) is 0 Å². The lowest BCUT2D eigenvalue weighted by atomic mass is 10.4. The summed E-state index contributed by atoms with van der Waals surface area (Å²) in [5.74, 6) is 0. The van der Waals surface area contributed by atoms with E-state index in [-0.39, 0.29) is 0 Å². The van der Waals surface area contributed by atoms with Crippen LogP contribution in [-0.4, -0.2) is 59.7 Å². The Labute approximate surface area is 88.4 Å². The molecule has 0 spiro atoms. The number of rotatable bonds is 6. The van der Waals surface area contributed by atoms with Gasteiger partial charge in [-0.1, -0.05) is 0 Å².